The molecule has 0 N–H and O–H groups in total. The second-order valence-corrected chi connectivity index (χ2v) is 1.00. The fraction of sp³-hybridized carbons (Fsp3) is 0.125. The van der Waals surface area contributed by atoms with Gasteiger partial charge in [0, 0.05) is 21.1 Å². The van der Waals surface area contributed by atoms with Crippen LogP contribution in [0.1, 0.15) is 6.42 Å². The van der Waals surface area contributed by atoms with Crippen molar-refractivity contribution in [1.29, 1.82) is 0 Å². The first kappa shape index (κ1) is 22.5. The Morgan fingerprint density at radius 2 is 1.42 bits per heavy atom. The van der Waals surface area contributed by atoms with Crippen LogP contribution in [0.5, 0.6) is 0 Å². The molecule has 1 aliphatic carbocycles. The molecular formula is C8H11MoO3-. The third-order valence-electron chi connectivity index (χ3n) is 0.586. The minimum atomic E-state index is 0. The van der Waals surface area contributed by atoms with Crippen LogP contribution in [0.3, 0.4) is 0 Å². The zero-order chi connectivity index (χ0) is 9.54. The predicted octanol–water partition coefficient (Wildman–Crippen LogP) is 0.748. The van der Waals surface area contributed by atoms with Crippen molar-refractivity contribution >= 4 is 20.4 Å². The Balaban J connectivity index is -0.0000000406. The number of allylic oxidation sites excluding steroid dienone is 4. The van der Waals surface area contributed by atoms with Gasteiger partial charge in [-0.15, -0.1) is 6.42 Å². The Bertz CT molecular complexity index is 98.1. The SMILES string of the molecule is C=O.C=O.C=O.[C-]1=CC=CC1.[Mo]. The van der Waals surface area contributed by atoms with E-state index in [-0.39, 0.29) is 21.1 Å². The molecule has 0 saturated carbocycles. The maximum atomic E-state index is 8.00. The van der Waals surface area contributed by atoms with E-state index in [1.54, 1.807) is 0 Å². The zero-order valence-electron chi connectivity index (χ0n) is 6.69. The summed E-state index contributed by atoms with van der Waals surface area (Å²) in [5.74, 6) is 0. The van der Waals surface area contributed by atoms with Crippen molar-refractivity contribution in [3.63, 3.8) is 0 Å². The number of carbonyl (C=O) groups excluding carboxylic acids is 3. The summed E-state index contributed by atoms with van der Waals surface area (Å²) in [5, 5.41) is 0. The van der Waals surface area contributed by atoms with Crippen molar-refractivity contribution < 1.29 is 35.4 Å². The first-order valence-electron chi connectivity index (χ1n) is 2.58. The summed E-state index contributed by atoms with van der Waals surface area (Å²) in [6.07, 6.45) is 10.0. The zero-order valence-corrected chi connectivity index (χ0v) is 8.70. The van der Waals surface area contributed by atoms with Gasteiger partial charge in [0.2, 0.25) is 0 Å². The van der Waals surface area contributed by atoms with Crippen LogP contribution >= 0.6 is 0 Å². The molecule has 0 radical (unpaired) electrons. The Hall–Kier alpha value is -0.822. The second kappa shape index (κ2) is 49.1. The van der Waals surface area contributed by atoms with Gasteiger partial charge < -0.3 is 14.4 Å². The van der Waals surface area contributed by atoms with E-state index in [4.69, 9.17) is 14.4 Å². The van der Waals surface area contributed by atoms with Crippen LogP contribution in [0.4, 0.5) is 0 Å². The third-order valence-corrected chi connectivity index (χ3v) is 0.586. The monoisotopic (exact) mass is 253 g/mol. The smallest absolute Gasteiger partial charge is 0.106 e. The minimum Gasteiger partial charge on any atom is -0.307 e. The van der Waals surface area contributed by atoms with Gasteiger partial charge in [-0.3, -0.25) is 6.08 Å². The van der Waals surface area contributed by atoms with Crippen LogP contribution in [0.2, 0.25) is 0 Å². The maximum Gasteiger partial charge on any atom is 0.106 e. The molecule has 3 nitrogen and oxygen atoms in total. The van der Waals surface area contributed by atoms with Gasteiger partial charge in [0.1, 0.15) is 20.4 Å². The Morgan fingerprint density at radius 1 is 1.00 bits per heavy atom. The molecule has 12 heavy (non-hydrogen) atoms. The Labute approximate surface area is 86.8 Å². The van der Waals surface area contributed by atoms with Crippen molar-refractivity contribution in [2.45, 2.75) is 6.42 Å². The largest absolute Gasteiger partial charge is 0.307 e. The van der Waals surface area contributed by atoms with E-state index in [0.29, 0.717) is 0 Å². The standard InChI is InChI=1S/C5H5.3CH2O.Mo/c1-2-4-5-3-1;3*1-2;/h1-3H,4H2;3*1H2;/q-1;;;;. The van der Waals surface area contributed by atoms with Crippen molar-refractivity contribution in [2.24, 2.45) is 0 Å². The number of hydrogen-bond donors (Lipinski definition) is 0. The van der Waals surface area contributed by atoms with Crippen molar-refractivity contribution in [1.82, 2.24) is 0 Å². The van der Waals surface area contributed by atoms with E-state index in [1.807, 2.05) is 32.5 Å². The molecule has 0 bridgehead atoms. The van der Waals surface area contributed by atoms with Crippen LogP contribution in [-0.2, 0) is 35.4 Å². The molecule has 1 rings (SSSR count). The van der Waals surface area contributed by atoms with Gasteiger partial charge in [-0.2, -0.15) is 6.08 Å². The molecule has 0 heterocycles. The van der Waals surface area contributed by atoms with E-state index >= 15 is 0 Å². The summed E-state index contributed by atoms with van der Waals surface area (Å²) in [7, 11) is 0. The fourth-order valence-corrected chi connectivity index (χ4v) is 0.340. The van der Waals surface area contributed by atoms with E-state index in [2.05, 4.69) is 12.2 Å². The molecule has 0 unspecified atom stereocenters. The van der Waals surface area contributed by atoms with Gasteiger partial charge in [-0.25, -0.2) is 12.2 Å². The molecule has 1 aliphatic rings. The Morgan fingerprint density at radius 3 is 1.50 bits per heavy atom. The first-order valence-corrected chi connectivity index (χ1v) is 2.58. The van der Waals surface area contributed by atoms with Crippen LogP contribution < -0.4 is 0 Å². The molecule has 0 aromatic rings. The van der Waals surface area contributed by atoms with Gasteiger partial charge >= 0.3 is 0 Å². The average Bonchev–Trinajstić information content (AvgIpc) is 2.71. The van der Waals surface area contributed by atoms with Crippen LogP contribution in [0.25, 0.3) is 0 Å². The van der Waals surface area contributed by atoms with Crippen LogP contribution in [-0.4, -0.2) is 20.4 Å². The van der Waals surface area contributed by atoms with Gasteiger partial charge in [0.15, 0.2) is 0 Å². The second-order valence-electron chi connectivity index (χ2n) is 1.00. The summed E-state index contributed by atoms with van der Waals surface area (Å²) < 4.78 is 0. The minimum absolute atomic E-state index is 0. The number of carbonyl (C=O) groups is 3. The molecule has 0 fully saturated rings. The van der Waals surface area contributed by atoms with Gasteiger partial charge in [0.25, 0.3) is 0 Å². The van der Waals surface area contributed by atoms with Crippen molar-refractivity contribution in [2.75, 3.05) is 0 Å². The van der Waals surface area contributed by atoms with Crippen molar-refractivity contribution in [3.8, 4) is 0 Å². The van der Waals surface area contributed by atoms with Gasteiger partial charge in [0.05, 0.1) is 0 Å². The Kier molecular flexibility index (Phi) is 92.0. The summed E-state index contributed by atoms with van der Waals surface area (Å²) in [4.78, 5) is 24.0. The summed E-state index contributed by atoms with van der Waals surface area (Å²) in [6, 6.07) is 0. The summed E-state index contributed by atoms with van der Waals surface area (Å²) in [5.41, 5.74) is 0. The van der Waals surface area contributed by atoms with Crippen molar-refractivity contribution in [3.05, 3.63) is 24.3 Å². The van der Waals surface area contributed by atoms with Crippen LogP contribution in [0, 0.1) is 6.08 Å². The number of hydrogen-bond acceptors (Lipinski definition) is 3. The average molecular weight is 251 g/mol. The summed E-state index contributed by atoms with van der Waals surface area (Å²) in [6.45, 7) is 6.00. The molecular weight excluding hydrogens is 240 g/mol. The van der Waals surface area contributed by atoms with E-state index in [9.17, 15) is 0 Å². The summed E-state index contributed by atoms with van der Waals surface area (Å²) >= 11 is 0. The molecule has 0 amide bonds. The van der Waals surface area contributed by atoms with E-state index in [1.165, 1.54) is 0 Å². The molecule has 0 aliphatic heterocycles. The molecule has 0 saturated heterocycles. The normalized spacial score (nSPS) is 8.33. The molecule has 68 valence electrons. The third kappa shape index (κ3) is 35.2. The maximum absolute atomic E-state index is 8.00. The molecule has 0 aromatic carbocycles. The first-order chi connectivity index (χ1) is 5.50. The predicted molar refractivity (Wildman–Crippen MR) is 42.9 cm³/mol. The molecule has 0 aromatic heterocycles. The van der Waals surface area contributed by atoms with Gasteiger partial charge in [-0.1, -0.05) is 0 Å². The molecule has 0 atom stereocenters. The fourth-order valence-electron chi connectivity index (χ4n) is 0.340. The molecule has 0 spiro atoms. The van der Waals surface area contributed by atoms with E-state index in [0.717, 1.165) is 6.42 Å². The quantitative estimate of drug-likeness (QED) is 0.471. The number of rotatable bonds is 0. The molecule has 4 heteroatoms. The topological polar surface area (TPSA) is 51.2 Å². The van der Waals surface area contributed by atoms with Crippen LogP contribution in [0.15, 0.2) is 18.2 Å². The van der Waals surface area contributed by atoms with E-state index < -0.39 is 0 Å². The van der Waals surface area contributed by atoms with Gasteiger partial charge in [-0.05, 0) is 0 Å².